The molecule has 110 valence electrons. The van der Waals surface area contributed by atoms with E-state index >= 15 is 0 Å². The average Bonchev–Trinajstić information content (AvgIpc) is 2.45. The summed E-state index contributed by atoms with van der Waals surface area (Å²) in [6.07, 6.45) is 0. The quantitative estimate of drug-likeness (QED) is 0.694. The molecule has 0 atom stereocenters. The first-order valence-electron chi connectivity index (χ1n) is 5.68. The van der Waals surface area contributed by atoms with Crippen LogP contribution in [-0.2, 0) is 6.61 Å². The number of hydrogen-bond acceptors (Lipinski definition) is 2. The van der Waals surface area contributed by atoms with Crippen LogP contribution in [0.15, 0.2) is 30.3 Å². The number of benzene rings is 2. The third kappa shape index (κ3) is 3.13. The Morgan fingerprint density at radius 1 is 1.05 bits per heavy atom. The van der Waals surface area contributed by atoms with Gasteiger partial charge in [0.1, 0.15) is 18.0 Å². The first-order valence-corrected chi connectivity index (χ1v) is 5.68. The monoisotopic (exact) mass is 300 g/mol. The number of carboxylic acid groups (broad SMARTS) is 1. The van der Waals surface area contributed by atoms with Crippen LogP contribution in [-0.4, -0.2) is 11.1 Å². The van der Waals surface area contributed by atoms with Crippen molar-refractivity contribution in [2.45, 2.75) is 6.61 Å². The fraction of sp³-hybridized carbons (Fsp3) is 0.0714. The van der Waals surface area contributed by atoms with E-state index in [-0.39, 0.29) is 6.61 Å². The molecule has 0 aliphatic carbocycles. The lowest BCUT2D eigenvalue weighted by atomic mass is 10.1. The maximum absolute atomic E-state index is 13.6. The fourth-order valence-corrected chi connectivity index (χ4v) is 1.61. The average molecular weight is 300 g/mol. The highest BCUT2D eigenvalue weighted by Crippen LogP contribution is 2.28. The predicted octanol–water partition coefficient (Wildman–Crippen LogP) is 3.52. The second-order valence-corrected chi connectivity index (χ2v) is 4.08. The van der Waals surface area contributed by atoms with Gasteiger partial charge in [-0.05, 0) is 23.8 Å². The molecule has 0 saturated carbocycles. The van der Waals surface area contributed by atoms with Crippen LogP contribution in [0.4, 0.5) is 17.6 Å². The van der Waals surface area contributed by atoms with Gasteiger partial charge in [0.15, 0.2) is 17.4 Å². The van der Waals surface area contributed by atoms with Crippen molar-refractivity contribution in [1.29, 1.82) is 0 Å². The number of carbonyl (C=O) groups is 1. The minimum Gasteiger partial charge on any atom is -0.485 e. The molecule has 21 heavy (non-hydrogen) atoms. The molecule has 0 unspecified atom stereocenters. The fourth-order valence-electron chi connectivity index (χ4n) is 1.61. The van der Waals surface area contributed by atoms with E-state index in [4.69, 9.17) is 9.84 Å². The van der Waals surface area contributed by atoms with Crippen molar-refractivity contribution in [3.05, 3.63) is 64.7 Å². The van der Waals surface area contributed by atoms with E-state index in [0.717, 1.165) is 12.1 Å². The van der Waals surface area contributed by atoms with E-state index in [0.29, 0.717) is 11.6 Å². The number of halogens is 4. The zero-order chi connectivity index (χ0) is 15.6. The number of hydrogen-bond donors (Lipinski definition) is 1. The van der Waals surface area contributed by atoms with E-state index < -0.39 is 40.6 Å². The van der Waals surface area contributed by atoms with Crippen molar-refractivity contribution in [1.82, 2.24) is 0 Å². The van der Waals surface area contributed by atoms with Crippen molar-refractivity contribution in [2.24, 2.45) is 0 Å². The summed E-state index contributed by atoms with van der Waals surface area (Å²) in [6, 6.07) is 5.23. The molecular weight excluding hydrogens is 292 g/mol. The second-order valence-electron chi connectivity index (χ2n) is 4.08. The summed E-state index contributed by atoms with van der Waals surface area (Å²) in [5.74, 6) is -8.25. The van der Waals surface area contributed by atoms with Crippen LogP contribution in [0.2, 0.25) is 0 Å². The molecule has 0 heterocycles. The third-order valence-corrected chi connectivity index (χ3v) is 2.64. The zero-order valence-corrected chi connectivity index (χ0v) is 10.4. The summed E-state index contributed by atoms with van der Waals surface area (Å²) in [5.41, 5.74) is -0.439. The van der Waals surface area contributed by atoms with Crippen molar-refractivity contribution in [3.8, 4) is 5.75 Å². The molecule has 2 aromatic carbocycles. The maximum atomic E-state index is 13.6. The normalized spacial score (nSPS) is 10.5. The van der Waals surface area contributed by atoms with E-state index in [1.807, 2.05) is 0 Å². The Hall–Kier alpha value is -2.57. The molecule has 2 rings (SSSR count). The molecule has 3 nitrogen and oxygen atoms in total. The molecule has 0 aliphatic rings. The summed E-state index contributed by atoms with van der Waals surface area (Å²) in [7, 11) is 0. The number of aromatic carboxylic acids is 1. The SMILES string of the molecule is O=C(O)c1cc(F)c(F)c(F)c1OCc1ccc(F)cc1. The van der Waals surface area contributed by atoms with Crippen LogP contribution in [0.1, 0.15) is 15.9 Å². The van der Waals surface area contributed by atoms with E-state index in [1.54, 1.807) is 0 Å². The molecule has 0 aromatic heterocycles. The molecule has 0 saturated heterocycles. The van der Waals surface area contributed by atoms with Gasteiger partial charge in [-0.2, -0.15) is 4.39 Å². The van der Waals surface area contributed by atoms with Gasteiger partial charge in [-0.1, -0.05) is 12.1 Å². The van der Waals surface area contributed by atoms with Gasteiger partial charge in [0.25, 0.3) is 0 Å². The van der Waals surface area contributed by atoms with Gasteiger partial charge in [0.05, 0.1) is 0 Å². The summed E-state index contributed by atoms with van der Waals surface area (Å²) in [5, 5.41) is 8.85. The van der Waals surface area contributed by atoms with Gasteiger partial charge >= 0.3 is 5.97 Å². The second kappa shape index (κ2) is 5.82. The van der Waals surface area contributed by atoms with Crippen molar-refractivity contribution < 1.29 is 32.2 Å². The Morgan fingerprint density at radius 2 is 1.67 bits per heavy atom. The third-order valence-electron chi connectivity index (χ3n) is 2.64. The molecule has 2 aromatic rings. The molecule has 7 heteroatoms. The Bertz CT molecular complexity index is 684. The highest BCUT2D eigenvalue weighted by atomic mass is 19.2. The van der Waals surface area contributed by atoms with Crippen LogP contribution in [0.25, 0.3) is 0 Å². The van der Waals surface area contributed by atoms with Crippen molar-refractivity contribution in [2.75, 3.05) is 0 Å². The van der Waals surface area contributed by atoms with Crippen molar-refractivity contribution in [3.63, 3.8) is 0 Å². The minimum atomic E-state index is -1.82. The standard InChI is InChI=1S/C14H8F4O3/c15-8-3-1-7(2-4-8)6-21-13-9(14(19)20)5-10(16)11(17)12(13)18/h1-5H,6H2,(H,19,20). The van der Waals surface area contributed by atoms with Crippen LogP contribution >= 0.6 is 0 Å². The van der Waals surface area contributed by atoms with E-state index in [9.17, 15) is 22.4 Å². The lowest BCUT2D eigenvalue weighted by Gasteiger charge is -2.11. The largest absolute Gasteiger partial charge is 0.485 e. The molecule has 0 spiro atoms. The van der Waals surface area contributed by atoms with Crippen molar-refractivity contribution >= 4 is 5.97 Å². The van der Waals surface area contributed by atoms with Gasteiger partial charge in [0, 0.05) is 0 Å². The van der Waals surface area contributed by atoms with Crippen LogP contribution < -0.4 is 4.74 Å². The zero-order valence-electron chi connectivity index (χ0n) is 10.4. The summed E-state index contributed by atoms with van der Waals surface area (Å²) < 4.78 is 57.4. The van der Waals surface area contributed by atoms with Gasteiger partial charge in [0.2, 0.25) is 5.82 Å². The van der Waals surface area contributed by atoms with E-state index in [1.165, 1.54) is 12.1 Å². The highest BCUT2D eigenvalue weighted by molar-refractivity contribution is 5.91. The summed E-state index contributed by atoms with van der Waals surface area (Å²) in [6.45, 7) is -0.331. The highest BCUT2D eigenvalue weighted by Gasteiger charge is 2.24. The first-order chi connectivity index (χ1) is 9.90. The summed E-state index contributed by atoms with van der Waals surface area (Å²) >= 11 is 0. The topological polar surface area (TPSA) is 46.5 Å². The van der Waals surface area contributed by atoms with Gasteiger partial charge in [-0.25, -0.2) is 18.0 Å². The maximum Gasteiger partial charge on any atom is 0.339 e. The molecule has 0 amide bonds. The Morgan fingerprint density at radius 3 is 2.24 bits per heavy atom. The molecule has 0 fully saturated rings. The van der Waals surface area contributed by atoms with Gasteiger partial charge < -0.3 is 9.84 Å². The number of rotatable bonds is 4. The molecule has 0 radical (unpaired) electrons. The molecule has 1 N–H and O–H groups in total. The van der Waals surface area contributed by atoms with Crippen LogP contribution in [0, 0.1) is 23.3 Å². The van der Waals surface area contributed by atoms with Gasteiger partial charge in [-0.15, -0.1) is 0 Å². The molecular formula is C14H8F4O3. The van der Waals surface area contributed by atoms with Crippen LogP contribution in [0.5, 0.6) is 5.75 Å². The number of carboxylic acids is 1. The Kier molecular flexibility index (Phi) is 4.11. The predicted molar refractivity (Wildman–Crippen MR) is 64.0 cm³/mol. The smallest absolute Gasteiger partial charge is 0.339 e. The molecule has 0 bridgehead atoms. The first kappa shape index (κ1) is 14.8. The Balaban J connectivity index is 2.32. The summed E-state index contributed by atoms with van der Waals surface area (Å²) in [4.78, 5) is 10.9. The van der Waals surface area contributed by atoms with E-state index in [2.05, 4.69) is 0 Å². The van der Waals surface area contributed by atoms with Gasteiger partial charge in [-0.3, -0.25) is 0 Å². The minimum absolute atomic E-state index is 0.331. The lowest BCUT2D eigenvalue weighted by Crippen LogP contribution is -2.08. The number of ether oxygens (including phenoxy) is 1. The lowest BCUT2D eigenvalue weighted by molar-refractivity contribution is 0.0689. The van der Waals surface area contributed by atoms with Crippen LogP contribution in [0.3, 0.4) is 0 Å². The Labute approximate surface area is 116 Å². The molecule has 0 aliphatic heterocycles.